The number of rotatable bonds is 3. The fraction of sp³-hybridized carbons (Fsp3) is 0.455. The van der Waals surface area contributed by atoms with Gasteiger partial charge in [-0.05, 0) is 12.5 Å². The van der Waals surface area contributed by atoms with Crippen LogP contribution >= 0.6 is 24.8 Å². The lowest BCUT2D eigenvalue weighted by Gasteiger charge is -2.20. The Bertz CT molecular complexity index is 624. The number of hydrogen-bond donors (Lipinski definition) is 1. The molecule has 1 aliphatic rings. The smallest absolute Gasteiger partial charge is 0.271 e. The summed E-state index contributed by atoms with van der Waals surface area (Å²) in [5, 5.41) is 10.8. The lowest BCUT2D eigenvalue weighted by molar-refractivity contribution is -0.384. The molecule has 120 valence electrons. The number of hydrogen-bond acceptors (Lipinski definition) is 6. The van der Waals surface area contributed by atoms with Crippen LogP contribution in [0.5, 0.6) is 0 Å². The molecule has 0 bridgehead atoms. The van der Waals surface area contributed by atoms with E-state index in [4.69, 9.17) is 5.73 Å². The summed E-state index contributed by atoms with van der Waals surface area (Å²) in [5.41, 5.74) is 6.04. The van der Waals surface area contributed by atoms with Gasteiger partial charge in [0.25, 0.3) is 5.69 Å². The van der Waals surface area contributed by atoms with Crippen molar-refractivity contribution in [2.24, 2.45) is 5.73 Å². The van der Waals surface area contributed by atoms with E-state index in [1.807, 2.05) is 0 Å². The third kappa shape index (κ3) is 4.44. The molecular weight excluding hydrogens is 341 g/mol. The number of benzene rings is 1. The van der Waals surface area contributed by atoms with Gasteiger partial charge in [0.15, 0.2) is 9.84 Å². The van der Waals surface area contributed by atoms with E-state index >= 15 is 0 Å². The molecule has 1 fully saturated rings. The molecule has 0 spiro atoms. The van der Waals surface area contributed by atoms with Crippen LogP contribution in [0, 0.1) is 10.1 Å². The minimum Gasteiger partial charge on any atom is -0.369 e. The Morgan fingerprint density at radius 3 is 2.43 bits per heavy atom. The van der Waals surface area contributed by atoms with Crippen molar-refractivity contribution in [1.82, 2.24) is 0 Å². The Morgan fingerprint density at radius 1 is 1.38 bits per heavy atom. The second-order valence-corrected chi connectivity index (χ2v) is 6.66. The molecular formula is C11H17Cl2N3O4S. The predicted octanol–water partition coefficient (Wildman–Crippen LogP) is 1.38. The molecule has 1 aliphatic heterocycles. The minimum absolute atomic E-state index is 0. The first-order chi connectivity index (χ1) is 8.79. The molecule has 0 aliphatic carbocycles. The van der Waals surface area contributed by atoms with E-state index in [-0.39, 0.29) is 41.4 Å². The number of nitro groups is 1. The maximum absolute atomic E-state index is 11.7. The number of anilines is 1. The van der Waals surface area contributed by atoms with Gasteiger partial charge in [-0.2, -0.15) is 0 Å². The van der Waals surface area contributed by atoms with Crippen molar-refractivity contribution in [2.45, 2.75) is 17.4 Å². The highest BCUT2D eigenvalue weighted by Gasteiger charge is 2.26. The van der Waals surface area contributed by atoms with Crippen molar-refractivity contribution in [1.29, 1.82) is 0 Å². The van der Waals surface area contributed by atoms with Crippen LogP contribution in [0.4, 0.5) is 11.4 Å². The monoisotopic (exact) mass is 357 g/mol. The molecule has 1 saturated heterocycles. The summed E-state index contributed by atoms with van der Waals surface area (Å²) < 4.78 is 23.5. The van der Waals surface area contributed by atoms with Crippen molar-refractivity contribution in [3.63, 3.8) is 0 Å². The van der Waals surface area contributed by atoms with E-state index in [1.165, 1.54) is 18.2 Å². The maximum atomic E-state index is 11.7. The van der Waals surface area contributed by atoms with Crippen molar-refractivity contribution < 1.29 is 13.3 Å². The van der Waals surface area contributed by atoms with Gasteiger partial charge in [-0.15, -0.1) is 24.8 Å². The van der Waals surface area contributed by atoms with Gasteiger partial charge in [-0.1, -0.05) is 0 Å². The van der Waals surface area contributed by atoms with Crippen LogP contribution in [0.15, 0.2) is 23.1 Å². The Morgan fingerprint density at radius 2 is 2.00 bits per heavy atom. The average Bonchev–Trinajstić information content (AvgIpc) is 2.73. The third-order valence-corrected chi connectivity index (χ3v) is 4.26. The average molecular weight is 358 g/mol. The van der Waals surface area contributed by atoms with Gasteiger partial charge < -0.3 is 10.6 Å². The van der Waals surface area contributed by atoms with Crippen molar-refractivity contribution in [2.75, 3.05) is 24.2 Å². The van der Waals surface area contributed by atoms with Crippen molar-refractivity contribution in [3.05, 3.63) is 28.3 Å². The number of nitro benzene ring substituents is 1. The largest absolute Gasteiger partial charge is 0.369 e. The van der Waals surface area contributed by atoms with E-state index in [0.29, 0.717) is 18.8 Å². The van der Waals surface area contributed by atoms with Gasteiger partial charge in [0, 0.05) is 37.5 Å². The Balaban J connectivity index is 0.00000200. The highest BCUT2D eigenvalue weighted by Crippen LogP contribution is 2.31. The van der Waals surface area contributed by atoms with Gasteiger partial charge in [0.1, 0.15) is 0 Å². The molecule has 1 atom stereocenters. The van der Waals surface area contributed by atoms with Gasteiger partial charge in [-0.25, -0.2) is 8.42 Å². The topological polar surface area (TPSA) is 107 Å². The second-order valence-electron chi connectivity index (χ2n) is 4.68. The first-order valence-electron chi connectivity index (χ1n) is 5.78. The molecule has 0 amide bonds. The molecule has 0 aromatic heterocycles. The lowest BCUT2D eigenvalue weighted by atomic mass is 10.2. The van der Waals surface area contributed by atoms with E-state index in [1.54, 1.807) is 4.90 Å². The van der Waals surface area contributed by atoms with Crippen LogP contribution in [0.2, 0.25) is 0 Å². The second kappa shape index (κ2) is 7.26. The lowest BCUT2D eigenvalue weighted by Crippen LogP contribution is -2.27. The highest BCUT2D eigenvalue weighted by molar-refractivity contribution is 7.90. The molecule has 1 aromatic rings. The Kier molecular flexibility index (Phi) is 6.88. The summed E-state index contributed by atoms with van der Waals surface area (Å²) >= 11 is 0. The number of non-ortho nitro benzene ring substituents is 1. The van der Waals surface area contributed by atoms with Gasteiger partial charge >= 0.3 is 0 Å². The summed E-state index contributed by atoms with van der Waals surface area (Å²) in [6.45, 7) is 1.11. The van der Waals surface area contributed by atoms with Gasteiger partial charge in [0.2, 0.25) is 0 Å². The van der Waals surface area contributed by atoms with Crippen molar-refractivity contribution >= 4 is 46.0 Å². The van der Waals surface area contributed by atoms with Crippen molar-refractivity contribution in [3.8, 4) is 0 Å². The number of sulfone groups is 1. The predicted molar refractivity (Wildman–Crippen MR) is 85.5 cm³/mol. The van der Waals surface area contributed by atoms with Gasteiger partial charge in [-0.3, -0.25) is 10.1 Å². The first-order valence-corrected chi connectivity index (χ1v) is 7.67. The van der Waals surface area contributed by atoms with Crippen LogP contribution in [-0.2, 0) is 9.84 Å². The zero-order valence-corrected chi connectivity index (χ0v) is 13.7. The molecule has 0 saturated carbocycles. The normalized spacial score (nSPS) is 17.8. The molecule has 7 nitrogen and oxygen atoms in total. The van der Waals surface area contributed by atoms with Gasteiger partial charge in [0.05, 0.1) is 15.5 Å². The molecule has 1 heterocycles. The highest BCUT2D eigenvalue weighted by atomic mass is 35.5. The van der Waals surface area contributed by atoms with E-state index in [2.05, 4.69) is 0 Å². The fourth-order valence-electron chi connectivity index (χ4n) is 2.19. The summed E-state index contributed by atoms with van der Waals surface area (Å²) in [4.78, 5) is 12.2. The SMILES string of the molecule is CS(=O)(=O)c1ccc([N+](=O)[O-])cc1N1CCC(N)C1.Cl.Cl. The third-order valence-electron chi connectivity index (χ3n) is 3.12. The molecule has 0 radical (unpaired) electrons. The maximum Gasteiger partial charge on any atom is 0.271 e. The van der Waals surface area contributed by atoms with E-state index < -0.39 is 14.8 Å². The van der Waals surface area contributed by atoms with Crippen LogP contribution in [0.1, 0.15) is 6.42 Å². The molecule has 1 aromatic carbocycles. The van der Waals surface area contributed by atoms with E-state index in [9.17, 15) is 18.5 Å². The first kappa shape index (κ1) is 19.9. The fourth-order valence-corrected chi connectivity index (χ4v) is 3.07. The van der Waals surface area contributed by atoms with Crippen LogP contribution < -0.4 is 10.6 Å². The Labute approximate surface area is 135 Å². The zero-order valence-electron chi connectivity index (χ0n) is 11.3. The zero-order chi connectivity index (χ0) is 14.2. The Hall–Kier alpha value is -1.09. The molecule has 1 unspecified atom stereocenters. The van der Waals surface area contributed by atoms with Crippen LogP contribution in [0.25, 0.3) is 0 Å². The molecule has 10 heteroatoms. The number of nitrogens with zero attached hydrogens (tertiary/aromatic N) is 2. The van der Waals surface area contributed by atoms with Crippen LogP contribution in [-0.4, -0.2) is 38.7 Å². The summed E-state index contributed by atoms with van der Waals surface area (Å²) in [7, 11) is -3.44. The molecule has 2 N–H and O–H groups in total. The summed E-state index contributed by atoms with van der Waals surface area (Å²) in [5.74, 6) is 0. The number of halogens is 2. The van der Waals surface area contributed by atoms with E-state index in [0.717, 1.165) is 12.7 Å². The quantitative estimate of drug-likeness (QED) is 0.646. The summed E-state index contributed by atoms with van der Waals surface area (Å²) in [6.07, 6.45) is 1.83. The standard InChI is InChI=1S/C11H15N3O4S.2ClH/c1-19(17,18)11-3-2-9(14(15)16)6-10(11)13-5-4-8(12)7-13;;/h2-3,6,8H,4-5,7,12H2,1H3;2*1H. The minimum atomic E-state index is -3.44. The molecule has 21 heavy (non-hydrogen) atoms. The molecule has 2 rings (SSSR count). The van der Waals surface area contributed by atoms with Crippen LogP contribution in [0.3, 0.4) is 0 Å². The summed E-state index contributed by atoms with van der Waals surface area (Å²) in [6, 6.07) is 3.75. The number of nitrogens with two attached hydrogens (primary N) is 1.